The average molecular weight is 205 g/mol. The van der Waals surface area contributed by atoms with E-state index in [9.17, 15) is 4.39 Å². The highest BCUT2D eigenvalue weighted by Gasteiger charge is 2.01. The van der Waals surface area contributed by atoms with Gasteiger partial charge in [-0.1, -0.05) is 32.0 Å². The Morgan fingerprint density at radius 3 is 2.60 bits per heavy atom. The van der Waals surface area contributed by atoms with Crippen LogP contribution in [0.1, 0.15) is 30.5 Å². The number of halogens is 1. The number of rotatable bonds is 4. The minimum absolute atomic E-state index is 0.515. The summed E-state index contributed by atoms with van der Waals surface area (Å²) in [6.07, 6.45) is 4.13. The summed E-state index contributed by atoms with van der Waals surface area (Å²) in [5.41, 5.74) is 2.70. The van der Waals surface area contributed by atoms with Crippen LogP contribution in [0.5, 0.6) is 0 Å². The Morgan fingerprint density at radius 1 is 1.33 bits per heavy atom. The smallest absolute Gasteiger partial charge is 0.0873 e. The van der Waals surface area contributed by atoms with Crippen molar-refractivity contribution in [1.29, 1.82) is 5.41 Å². The van der Waals surface area contributed by atoms with Gasteiger partial charge in [-0.3, -0.25) is 0 Å². The minimum Gasteiger partial charge on any atom is -0.308 e. The number of benzene rings is 1. The first-order valence-corrected chi connectivity index (χ1v) is 5.07. The van der Waals surface area contributed by atoms with Crippen molar-refractivity contribution >= 4 is 12.3 Å². The minimum atomic E-state index is 0.515. The molecule has 0 bridgehead atoms. The van der Waals surface area contributed by atoms with E-state index in [1.165, 1.54) is 17.9 Å². The first-order chi connectivity index (χ1) is 7.17. The standard InChI is InChI=1S/C13H16FN/c1-10(2)7-11-3-4-13(9-15)12(8-11)5-6-14/h3-6,8-10,15H,7H2,1-2H3/b6-5+,15-9?. The summed E-state index contributed by atoms with van der Waals surface area (Å²) in [4.78, 5) is 0. The molecule has 0 saturated carbocycles. The van der Waals surface area contributed by atoms with Crippen LogP contribution >= 0.6 is 0 Å². The van der Waals surface area contributed by atoms with Gasteiger partial charge in [-0.15, -0.1) is 0 Å². The third-order valence-electron chi connectivity index (χ3n) is 2.19. The van der Waals surface area contributed by atoms with E-state index in [0.29, 0.717) is 12.2 Å². The van der Waals surface area contributed by atoms with Crippen LogP contribution in [0.3, 0.4) is 0 Å². The van der Waals surface area contributed by atoms with Crippen LogP contribution in [0.25, 0.3) is 6.08 Å². The molecule has 0 aromatic heterocycles. The molecule has 1 N–H and O–H groups in total. The van der Waals surface area contributed by atoms with Gasteiger partial charge >= 0.3 is 0 Å². The van der Waals surface area contributed by atoms with Crippen LogP contribution in [-0.2, 0) is 6.42 Å². The van der Waals surface area contributed by atoms with Gasteiger partial charge in [0.2, 0.25) is 0 Å². The van der Waals surface area contributed by atoms with Crippen LogP contribution in [0, 0.1) is 11.3 Å². The van der Waals surface area contributed by atoms with E-state index in [4.69, 9.17) is 5.41 Å². The molecule has 0 aliphatic carbocycles. The van der Waals surface area contributed by atoms with E-state index >= 15 is 0 Å². The topological polar surface area (TPSA) is 23.9 Å². The molecule has 1 aromatic rings. The van der Waals surface area contributed by atoms with E-state index in [0.717, 1.165) is 17.5 Å². The van der Waals surface area contributed by atoms with Crippen LogP contribution in [0.15, 0.2) is 24.5 Å². The lowest BCUT2D eigenvalue weighted by molar-refractivity contribution is 0.647. The monoisotopic (exact) mass is 205 g/mol. The van der Waals surface area contributed by atoms with Crippen LogP contribution in [0.2, 0.25) is 0 Å². The number of hydrogen-bond acceptors (Lipinski definition) is 1. The van der Waals surface area contributed by atoms with Gasteiger partial charge in [0.05, 0.1) is 6.33 Å². The Hall–Kier alpha value is -1.44. The fourth-order valence-electron chi connectivity index (χ4n) is 1.57. The molecular formula is C13H16FN. The Bertz CT molecular complexity index is 367. The summed E-state index contributed by atoms with van der Waals surface area (Å²) in [7, 11) is 0. The van der Waals surface area contributed by atoms with Gasteiger partial charge < -0.3 is 5.41 Å². The normalized spacial score (nSPS) is 11.2. The molecule has 1 aromatic carbocycles. The van der Waals surface area contributed by atoms with Gasteiger partial charge in [0.15, 0.2) is 0 Å². The summed E-state index contributed by atoms with van der Waals surface area (Å²) in [5, 5.41) is 7.19. The summed E-state index contributed by atoms with van der Waals surface area (Å²) in [5.74, 6) is 0.582. The predicted molar refractivity (Wildman–Crippen MR) is 63.0 cm³/mol. The first kappa shape index (κ1) is 11.6. The Morgan fingerprint density at radius 2 is 2.07 bits per heavy atom. The predicted octanol–water partition coefficient (Wildman–Crippen LogP) is 3.82. The Kier molecular flexibility index (Phi) is 4.22. The summed E-state index contributed by atoms with van der Waals surface area (Å²) in [6.45, 7) is 4.30. The molecule has 0 atom stereocenters. The molecule has 2 heteroatoms. The van der Waals surface area contributed by atoms with E-state index in [2.05, 4.69) is 13.8 Å². The molecule has 0 aliphatic rings. The van der Waals surface area contributed by atoms with Crippen molar-refractivity contribution < 1.29 is 4.39 Å². The van der Waals surface area contributed by atoms with Crippen molar-refractivity contribution in [2.45, 2.75) is 20.3 Å². The van der Waals surface area contributed by atoms with Crippen LogP contribution < -0.4 is 0 Å². The van der Waals surface area contributed by atoms with Gasteiger partial charge in [-0.25, -0.2) is 4.39 Å². The maximum absolute atomic E-state index is 12.1. The molecule has 0 heterocycles. The molecule has 1 rings (SSSR count). The van der Waals surface area contributed by atoms with E-state index in [1.54, 1.807) is 0 Å². The maximum atomic E-state index is 12.1. The third-order valence-corrected chi connectivity index (χ3v) is 2.19. The van der Waals surface area contributed by atoms with Crippen molar-refractivity contribution in [3.8, 4) is 0 Å². The Balaban J connectivity index is 3.04. The third kappa shape index (κ3) is 3.31. The lowest BCUT2D eigenvalue weighted by Gasteiger charge is -2.07. The van der Waals surface area contributed by atoms with E-state index in [1.807, 2.05) is 18.2 Å². The van der Waals surface area contributed by atoms with Crippen LogP contribution in [-0.4, -0.2) is 6.21 Å². The van der Waals surface area contributed by atoms with Crippen molar-refractivity contribution in [3.05, 3.63) is 41.2 Å². The molecule has 0 spiro atoms. The van der Waals surface area contributed by atoms with E-state index < -0.39 is 0 Å². The lowest BCUT2D eigenvalue weighted by Crippen LogP contribution is -1.96. The molecule has 0 amide bonds. The molecule has 15 heavy (non-hydrogen) atoms. The van der Waals surface area contributed by atoms with Crippen molar-refractivity contribution in [1.82, 2.24) is 0 Å². The molecular weight excluding hydrogens is 189 g/mol. The lowest BCUT2D eigenvalue weighted by atomic mass is 9.98. The fourth-order valence-corrected chi connectivity index (χ4v) is 1.57. The van der Waals surface area contributed by atoms with Gasteiger partial charge in [-0.05, 0) is 35.1 Å². The highest BCUT2D eigenvalue weighted by Crippen LogP contribution is 2.15. The van der Waals surface area contributed by atoms with Crippen molar-refractivity contribution in [3.63, 3.8) is 0 Å². The Labute approximate surface area is 90.1 Å². The van der Waals surface area contributed by atoms with Crippen molar-refractivity contribution in [2.24, 2.45) is 5.92 Å². The van der Waals surface area contributed by atoms with Crippen LogP contribution in [0.4, 0.5) is 4.39 Å². The van der Waals surface area contributed by atoms with Gasteiger partial charge in [0, 0.05) is 6.21 Å². The molecule has 0 unspecified atom stereocenters. The second-order valence-corrected chi connectivity index (χ2v) is 4.00. The number of nitrogens with one attached hydrogen (secondary N) is 1. The molecule has 0 radical (unpaired) electrons. The average Bonchev–Trinajstić information content (AvgIpc) is 2.18. The molecule has 1 nitrogen and oxygen atoms in total. The highest BCUT2D eigenvalue weighted by molar-refractivity contribution is 5.83. The zero-order valence-electron chi connectivity index (χ0n) is 9.13. The SMILES string of the molecule is CC(C)Cc1ccc(C=N)c(/C=C/F)c1. The summed E-state index contributed by atoms with van der Waals surface area (Å²) in [6, 6.07) is 5.80. The number of hydrogen-bond donors (Lipinski definition) is 1. The fraction of sp³-hybridized carbons (Fsp3) is 0.308. The summed E-state index contributed by atoms with van der Waals surface area (Å²) >= 11 is 0. The largest absolute Gasteiger partial charge is 0.308 e. The highest BCUT2D eigenvalue weighted by atomic mass is 19.1. The molecule has 0 fully saturated rings. The van der Waals surface area contributed by atoms with Crippen molar-refractivity contribution in [2.75, 3.05) is 0 Å². The molecule has 0 saturated heterocycles. The van der Waals surface area contributed by atoms with E-state index in [-0.39, 0.29) is 0 Å². The maximum Gasteiger partial charge on any atom is 0.0873 e. The zero-order valence-corrected chi connectivity index (χ0v) is 9.13. The van der Waals surface area contributed by atoms with Gasteiger partial charge in [-0.2, -0.15) is 0 Å². The quantitative estimate of drug-likeness (QED) is 0.722. The summed E-state index contributed by atoms with van der Waals surface area (Å²) < 4.78 is 12.1. The molecule has 0 aliphatic heterocycles. The van der Waals surface area contributed by atoms with Gasteiger partial charge in [0.1, 0.15) is 0 Å². The molecule has 80 valence electrons. The van der Waals surface area contributed by atoms with Gasteiger partial charge in [0.25, 0.3) is 0 Å². The first-order valence-electron chi connectivity index (χ1n) is 5.07. The second kappa shape index (κ2) is 5.44. The zero-order chi connectivity index (χ0) is 11.3. The second-order valence-electron chi connectivity index (χ2n) is 4.00.